The van der Waals surface area contributed by atoms with E-state index in [0.717, 1.165) is 0 Å². The molecule has 128 valence electrons. The molecule has 1 rings (SSSR count). The van der Waals surface area contributed by atoms with Crippen molar-refractivity contribution in [2.75, 3.05) is 0 Å². The molecule has 1 aliphatic rings. The van der Waals surface area contributed by atoms with E-state index in [-0.39, 0.29) is 29.6 Å². The molecule has 0 bridgehead atoms. The molecule has 0 heterocycles. The monoisotopic (exact) mass is 386 g/mol. The molecular weight excluding hydrogens is 384 g/mol. The Morgan fingerprint density at radius 2 is 0.727 bits per heavy atom. The van der Waals surface area contributed by atoms with Crippen molar-refractivity contribution >= 4 is 39.7 Å². The van der Waals surface area contributed by atoms with Gasteiger partial charge in [0.1, 0.15) is 0 Å². The van der Waals surface area contributed by atoms with Gasteiger partial charge in [0.15, 0.2) is 0 Å². The van der Waals surface area contributed by atoms with Gasteiger partial charge in [-0.15, -0.1) is 0 Å². The third kappa shape index (κ3) is 1.85. The van der Waals surface area contributed by atoms with Crippen molar-refractivity contribution in [1.29, 1.82) is 0 Å². The summed E-state index contributed by atoms with van der Waals surface area (Å²) in [7, 11) is -7.69. The van der Waals surface area contributed by atoms with Crippen LogP contribution in [0.15, 0.2) is 0 Å². The first kappa shape index (κ1) is 22.1. The molecular formula is C6H2F11NaO3S. The predicted molar refractivity (Wildman–Crippen MR) is 47.3 cm³/mol. The maximum atomic E-state index is 13.3. The van der Waals surface area contributed by atoms with Crippen molar-refractivity contribution < 1.29 is 61.3 Å². The number of hydrogen-bond acceptors (Lipinski definition) is 2. The van der Waals surface area contributed by atoms with Crippen LogP contribution in [0.3, 0.4) is 0 Å². The van der Waals surface area contributed by atoms with Crippen LogP contribution in [-0.2, 0) is 10.1 Å². The van der Waals surface area contributed by atoms with Gasteiger partial charge in [0.2, 0.25) is 0 Å². The first-order chi connectivity index (χ1) is 8.75. The van der Waals surface area contributed by atoms with Crippen LogP contribution in [0.4, 0.5) is 48.3 Å². The fourth-order valence-corrected chi connectivity index (χ4v) is 2.42. The molecule has 0 saturated heterocycles. The quantitative estimate of drug-likeness (QED) is 0.427. The Labute approximate surface area is 135 Å². The molecule has 0 amide bonds. The van der Waals surface area contributed by atoms with Crippen LogP contribution >= 0.6 is 0 Å². The molecule has 1 saturated carbocycles. The zero-order valence-corrected chi connectivity index (χ0v) is 9.65. The van der Waals surface area contributed by atoms with E-state index in [1.165, 1.54) is 0 Å². The van der Waals surface area contributed by atoms with Gasteiger partial charge in [-0.25, -0.2) is 4.39 Å². The number of halogens is 11. The van der Waals surface area contributed by atoms with Crippen molar-refractivity contribution in [3.63, 3.8) is 0 Å². The summed E-state index contributed by atoms with van der Waals surface area (Å²) in [6.07, 6.45) is 0. The standard InChI is InChI=1S/C6HF11O3S.Na.H/c7-1(8)2(9,10)4(13,14)6(17,21(18,19)20)5(15,16)3(1,11)12;;/h(H,18,19,20);;. The summed E-state index contributed by atoms with van der Waals surface area (Å²) in [4.78, 5) is 0. The van der Waals surface area contributed by atoms with Crippen molar-refractivity contribution in [3.05, 3.63) is 0 Å². The van der Waals surface area contributed by atoms with Gasteiger partial charge in [-0.3, -0.25) is 4.55 Å². The average Bonchev–Trinajstić information content (AvgIpc) is 2.23. The Hall–Kier alpha value is 0.140. The van der Waals surface area contributed by atoms with Crippen LogP contribution in [0.25, 0.3) is 0 Å². The van der Waals surface area contributed by atoms with E-state index < -0.39 is 44.7 Å². The molecule has 0 aliphatic heterocycles. The Morgan fingerprint density at radius 1 is 0.545 bits per heavy atom. The van der Waals surface area contributed by atoms with E-state index in [4.69, 9.17) is 4.55 Å². The topological polar surface area (TPSA) is 54.4 Å². The fourth-order valence-electron chi connectivity index (χ4n) is 1.52. The maximum absolute atomic E-state index is 13.3. The van der Waals surface area contributed by atoms with E-state index in [2.05, 4.69) is 0 Å². The zero-order valence-electron chi connectivity index (χ0n) is 8.83. The van der Waals surface area contributed by atoms with Crippen LogP contribution in [0.2, 0.25) is 0 Å². The van der Waals surface area contributed by atoms with Gasteiger partial charge in [0.05, 0.1) is 0 Å². The van der Waals surface area contributed by atoms with E-state index in [1.807, 2.05) is 0 Å². The van der Waals surface area contributed by atoms with E-state index in [0.29, 0.717) is 0 Å². The first-order valence-electron chi connectivity index (χ1n) is 4.30. The summed E-state index contributed by atoms with van der Waals surface area (Å²) in [5.74, 6) is -37.8. The first-order valence-corrected chi connectivity index (χ1v) is 5.74. The van der Waals surface area contributed by atoms with Crippen LogP contribution in [-0.4, -0.2) is 77.1 Å². The SMILES string of the molecule is O=S(=O)(O)C1(F)C(F)(F)C(F)(F)C(F)(F)C(F)(F)C1(F)F.[NaH]. The molecule has 16 heteroatoms. The van der Waals surface area contributed by atoms with E-state index in [1.54, 1.807) is 0 Å². The molecule has 0 aromatic heterocycles. The third-order valence-corrected chi connectivity index (χ3v) is 3.96. The van der Waals surface area contributed by atoms with Crippen LogP contribution in [0.5, 0.6) is 0 Å². The molecule has 0 unspecified atom stereocenters. The van der Waals surface area contributed by atoms with Gasteiger partial charge in [0, 0.05) is 0 Å². The van der Waals surface area contributed by atoms with Gasteiger partial charge in [0.25, 0.3) is 0 Å². The van der Waals surface area contributed by atoms with E-state index >= 15 is 0 Å². The number of alkyl halides is 11. The molecule has 1 aliphatic carbocycles. The minimum absolute atomic E-state index is 0. The second kappa shape index (κ2) is 4.83. The average molecular weight is 386 g/mol. The summed E-state index contributed by atoms with van der Waals surface area (Å²) in [5, 5.41) is -7.39. The third-order valence-electron chi connectivity index (χ3n) is 2.74. The summed E-state index contributed by atoms with van der Waals surface area (Å²) in [5.41, 5.74) is 0. The van der Waals surface area contributed by atoms with Gasteiger partial charge >= 0.3 is 74.3 Å². The Bertz CT molecular complexity index is 540. The molecule has 0 aromatic carbocycles. The Balaban J connectivity index is 0.00000441. The van der Waals surface area contributed by atoms with Crippen LogP contribution in [0.1, 0.15) is 0 Å². The molecule has 0 aromatic rings. The Kier molecular flexibility index (Phi) is 4.86. The van der Waals surface area contributed by atoms with E-state index in [9.17, 15) is 56.7 Å². The van der Waals surface area contributed by atoms with Crippen molar-refractivity contribution in [2.24, 2.45) is 0 Å². The van der Waals surface area contributed by atoms with Crippen molar-refractivity contribution in [2.45, 2.75) is 34.6 Å². The summed E-state index contributed by atoms with van der Waals surface area (Å²) >= 11 is 0. The minimum atomic E-state index is -7.69. The Morgan fingerprint density at radius 3 is 0.909 bits per heavy atom. The molecule has 0 spiro atoms. The van der Waals surface area contributed by atoms with Gasteiger partial charge in [-0.05, 0) is 0 Å². The predicted octanol–water partition coefficient (Wildman–Crippen LogP) is 2.08. The van der Waals surface area contributed by atoms with Gasteiger partial charge < -0.3 is 0 Å². The summed E-state index contributed by atoms with van der Waals surface area (Å²) < 4.78 is 169. The normalized spacial score (nSPS) is 30.2. The van der Waals surface area contributed by atoms with Gasteiger partial charge in [-0.1, -0.05) is 0 Å². The fraction of sp³-hybridized carbons (Fsp3) is 1.00. The zero-order chi connectivity index (χ0) is 17.5. The molecule has 0 radical (unpaired) electrons. The van der Waals surface area contributed by atoms with Gasteiger partial charge in [-0.2, -0.15) is 52.3 Å². The molecule has 3 nitrogen and oxygen atoms in total. The van der Waals surface area contributed by atoms with Crippen LogP contribution < -0.4 is 0 Å². The summed E-state index contributed by atoms with van der Waals surface area (Å²) in [6.45, 7) is 0. The number of hydrogen-bond donors (Lipinski definition) is 1. The van der Waals surface area contributed by atoms with Crippen LogP contribution in [0, 0.1) is 0 Å². The second-order valence-electron chi connectivity index (χ2n) is 3.94. The van der Waals surface area contributed by atoms with Crippen molar-refractivity contribution in [3.8, 4) is 0 Å². The molecule has 0 atom stereocenters. The van der Waals surface area contributed by atoms with Crippen molar-refractivity contribution in [1.82, 2.24) is 0 Å². The molecule has 1 fully saturated rings. The molecule has 22 heavy (non-hydrogen) atoms. The second-order valence-corrected chi connectivity index (χ2v) is 5.45. The summed E-state index contributed by atoms with van der Waals surface area (Å²) in [6, 6.07) is 0. The molecule has 1 N–H and O–H groups in total. The number of rotatable bonds is 1.